The first-order chi connectivity index (χ1) is 8.63. The van der Waals surface area contributed by atoms with Crippen molar-refractivity contribution >= 4 is 34.2 Å². The summed E-state index contributed by atoms with van der Waals surface area (Å²) in [7, 11) is 0. The predicted octanol–water partition coefficient (Wildman–Crippen LogP) is 2.34. The lowest BCUT2D eigenvalue weighted by atomic mass is 10.4. The predicted molar refractivity (Wildman–Crippen MR) is 72.7 cm³/mol. The van der Waals surface area contributed by atoms with Gasteiger partial charge in [0.15, 0.2) is 15.8 Å². The Morgan fingerprint density at radius 2 is 2.33 bits per heavy atom. The molecule has 0 radical (unpaired) electrons. The lowest BCUT2D eigenvalue weighted by molar-refractivity contribution is -0.109. The highest BCUT2D eigenvalue weighted by molar-refractivity contribution is 8.13. The maximum atomic E-state index is 11.3. The molecule has 0 unspecified atom stereocenters. The van der Waals surface area contributed by atoms with Crippen LogP contribution in [-0.2, 0) is 9.53 Å². The molecule has 0 aliphatic carbocycles. The largest absolute Gasteiger partial charge is 0.461 e. The van der Waals surface area contributed by atoms with E-state index in [1.807, 2.05) is 0 Å². The third kappa shape index (κ3) is 5.34. The first kappa shape index (κ1) is 14.7. The van der Waals surface area contributed by atoms with Gasteiger partial charge in [-0.3, -0.25) is 4.79 Å². The third-order valence-electron chi connectivity index (χ3n) is 1.72. The molecule has 96 valence electrons. The minimum absolute atomic E-state index is 0.0932. The second kappa shape index (κ2) is 7.90. The third-order valence-corrected chi connectivity index (χ3v) is 3.29. The zero-order valence-corrected chi connectivity index (χ0v) is 11.8. The van der Waals surface area contributed by atoms with E-state index < -0.39 is 5.97 Å². The number of carbonyl (C=O) groups excluding carboxylic acids is 2. The van der Waals surface area contributed by atoms with Gasteiger partial charge >= 0.3 is 5.97 Å². The molecule has 1 aromatic heterocycles. The second-order valence-electron chi connectivity index (χ2n) is 3.15. The molecule has 0 aliphatic rings. The number of thiazole rings is 1. The number of rotatable bonds is 4. The molecule has 1 heterocycles. The molecular weight excluding hydrogens is 270 g/mol. The standard InChI is InChI=1S/C12H13NO3S2/c1-3-16-12(15)10-8-18-11(13-10)6-4-5-7-17-9(2)14/h8H,3,5,7H2,1-2H3. The van der Waals surface area contributed by atoms with Crippen molar-refractivity contribution < 1.29 is 14.3 Å². The molecule has 18 heavy (non-hydrogen) atoms. The van der Waals surface area contributed by atoms with E-state index in [4.69, 9.17) is 4.74 Å². The van der Waals surface area contributed by atoms with Crippen LogP contribution in [0.15, 0.2) is 5.38 Å². The van der Waals surface area contributed by atoms with Crippen molar-refractivity contribution in [1.82, 2.24) is 4.98 Å². The van der Waals surface area contributed by atoms with Crippen molar-refractivity contribution in [3.8, 4) is 11.8 Å². The molecule has 0 saturated heterocycles. The van der Waals surface area contributed by atoms with Gasteiger partial charge in [-0.05, 0) is 12.8 Å². The van der Waals surface area contributed by atoms with Gasteiger partial charge in [-0.1, -0.05) is 17.7 Å². The van der Waals surface area contributed by atoms with Crippen LogP contribution in [0.2, 0.25) is 0 Å². The topological polar surface area (TPSA) is 56.3 Å². The smallest absolute Gasteiger partial charge is 0.357 e. The Morgan fingerprint density at radius 1 is 1.56 bits per heavy atom. The zero-order chi connectivity index (χ0) is 13.4. The summed E-state index contributed by atoms with van der Waals surface area (Å²) in [4.78, 5) is 26.1. The molecule has 0 fully saturated rings. The number of esters is 1. The molecule has 1 aromatic rings. The van der Waals surface area contributed by atoms with Gasteiger partial charge in [0.05, 0.1) is 6.61 Å². The summed E-state index contributed by atoms with van der Waals surface area (Å²) in [5.41, 5.74) is 0.296. The number of nitrogens with zero attached hydrogens (tertiary/aromatic N) is 1. The number of carbonyl (C=O) groups is 2. The van der Waals surface area contributed by atoms with Crippen LogP contribution in [0, 0.1) is 11.8 Å². The number of thioether (sulfide) groups is 1. The van der Waals surface area contributed by atoms with Gasteiger partial charge in [-0.25, -0.2) is 9.78 Å². The fraction of sp³-hybridized carbons (Fsp3) is 0.417. The minimum atomic E-state index is -0.422. The molecule has 0 bridgehead atoms. The summed E-state index contributed by atoms with van der Waals surface area (Å²) in [5, 5.41) is 2.31. The van der Waals surface area contributed by atoms with Gasteiger partial charge in [-0.2, -0.15) is 0 Å². The number of aromatic nitrogens is 1. The van der Waals surface area contributed by atoms with E-state index in [2.05, 4.69) is 16.8 Å². The molecule has 0 aromatic carbocycles. The van der Waals surface area contributed by atoms with Crippen LogP contribution in [0.3, 0.4) is 0 Å². The quantitative estimate of drug-likeness (QED) is 0.482. The van der Waals surface area contributed by atoms with Crippen LogP contribution >= 0.6 is 23.1 Å². The van der Waals surface area contributed by atoms with Crippen LogP contribution in [0.4, 0.5) is 0 Å². The van der Waals surface area contributed by atoms with Gasteiger partial charge in [0, 0.05) is 24.5 Å². The summed E-state index contributed by atoms with van der Waals surface area (Å²) in [6.45, 7) is 3.61. The maximum Gasteiger partial charge on any atom is 0.357 e. The van der Waals surface area contributed by atoms with E-state index in [9.17, 15) is 9.59 Å². The van der Waals surface area contributed by atoms with Gasteiger partial charge in [0.25, 0.3) is 0 Å². The maximum absolute atomic E-state index is 11.3. The Morgan fingerprint density at radius 3 is 3.00 bits per heavy atom. The molecule has 6 heteroatoms. The minimum Gasteiger partial charge on any atom is -0.461 e. The molecule has 0 atom stereocenters. The van der Waals surface area contributed by atoms with Crippen molar-refractivity contribution in [1.29, 1.82) is 0 Å². The van der Waals surface area contributed by atoms with Gasteiger partial charge in [0.1, 0.15) is 0 Å². The fourth-order valence-corrected chi connectivity index (χ4v) is 2.16. The average Bonchev–Trinajstić information content (AvgIpc) is 2.77. The highest BCUT2D eigenvalue weighted by atomic mass is 32.2. The molecule has 0 N–H and O–H groups in total. The lowest BCUT2D eigenvalue weighted by Gasteiger charge is -1.95. The summed E-state index contributed by atoms with van der Waals surface area (Å²) in [5.74, 6) is 6.03. The summed E-state index contributed by atoms with van der Waals surface area (Å²) in [6, 6.07) is 0. The van der Waals surface area contributed by atoms with Crippen LogP contribution in [0.5, 0.6) is 0 Å². The van der Waals surface area contributed by atoms with Crippen LogP contribution < -0.4 is 0 Å². The first-order valence-electron chi connectivity index (χ1n) is 5.38. The summed E-state index contributed by atoms with van der Waals surface area (Å²) < 4.78 is 4.83. The summed E-state index contributed by atoms with van der Waals surface area (Å²) >= 11 is 2.56. The Labute approximate surface area is 114 Å². The fourth-order valence-electron chi connectivity index (χ4n) is 1.01. The highest BCUT2D eigenvalue weighted by Gasteiger charge is 2.09. The number of ether oxygens (including phenoxy) is 1. The van der Waals surface area contributed by atoms with E-state index >= 15 is 0 Å². The summed E-state index contributed by atoms with van der Waals surface area (Å²) in [6.07, 6.45) is 0.624. The van der Waals surface area contributed by atoms with E-state index in [1.54, 1.807) is 12.3 Å². The van der Waals surface area contributed by atoms with Crippen molar-refractivity contribution in [3.63, 3.8) is 0 Å². The van der Waals surface area contributed by atoms with E-state index in [1.165, 1.54) is 30.0 Å². The van der Waals surface area contributed by atoms with E-state index in [0.29, 0.717) is 29.5 Å². The molecule has 0 saturated carbocycles. The lowest BCUT2D eigenvalue weighted by Crippen LogP contribution is -2.04. The van der Waals surface area contributed by atoms with Crippen LogP contribution in [0.1, 0.15) is 35.8 Å². The number of hydrogen-bond acceptors (Lipinski definition) is 6. The molecule has 1 rings (SSSR count). The Bertz CT molecular complexity index is 485. The first-order valence-corrected chi connectivity index (χ1v) is 7.25. The molecule has 0 amide bonds. The average molecular weight is 283 g/mol. The van der Waals surface area contributed by atoms with E-state index in [-0.39, 0.29) is 5.12 Å². The Kier molecular flexibility index (Phi) is 6.47. The van der Waals surface area contributed by atoms with Crippen molar-refractivity contribution in [3.05, 3.63) is 16.1 Å². The Hall–Kier alpha value is -1.32. The second-order valence-corrected chi connectivity index (χ2v) is 5.28. The molecule has 0 spiro atoms. The SMILES string of the molecule is CCOC(=O)c1csc(C#CCCSC(C)=O)n1. The molecular formula is C12H13NO3S2. The Balaban J connectivity index is 2.46. The van der Waals surface area contributed by atoms with Crippen LogP contribution in [0.25, 0.3) is 0 Å². The highest BCUT2D eigenvalue weighted by Crippen LogP contribution is 2.10. The number of hydrogen-bond donors (Lipinski definition) is 0. The van der Waals surface area contributed by atoms with Gasteiger partial charge in [0.2, 0.25) is 0 Å². The monoisotopic (exact) mass is 283 g/mol. The van der Waals surface area contributed by atoms with E-state index in [0.717, 1.165) is 0 Å². The van der Waals surface area contributed by atoms with Crippen molar-refractivity contribution in [2.24, 2.45) is 0 Å². The normalized spacial score (nSPS) is 9.44. The van der Waals surface area contributed by atoms with Crippen LogP contribution in [-0.4, -0.2) is 28.4 Å². The van der Waals surface area contributed by atoms with Gasteiger partial charge in [-0.15, -0.1) is 11.3 Å². The molecule has 4 nitrogen and oxygen atoms in total. The van der Waals surface area contributed by atoms with Gasteiger partial charge < -0.3 is 4.74 Å². The zero-order valence-electron chi connectivity index (χ0n) is 10.2. The van der Waals surface area contributed by atoms with Crippen molar-refractivity contribution in [2.75, 3.05) is 12.4 Å². The van der Waals surface area contributed by atoms with Crippen molar-refractivity contribution in [2.45, 2.75) is 20.3 Å². The molecule has 0 aliphatic heterocycles.